The first-order valence-electron chi connectivity index (χ1n) is 13.0. The smallest absolute Gasteiger partial charge is 0.257 e. The Hall–Kier alpha value is -2.71. The van der Waals surface area contributed by atoms with Crippen molar-refractivity contribution in [3.8, 4) is 0 Å². The van der Waals surface area contributed by atoms with Gasteiger partial charge in [0.05, 0.1) is 22.5 Å². The number of rotatable bonds is 5. The molecule has 3 aromatic rings. The van der Waals surface area contributed by atoms with E-state index in [0.717, 1.165) is 54.7 Å². The molecular formula is C28H36N4O3S. The largest absolute Gasteiger partial charge is 0.338 e. The number of aromatic nitrogens is 2. The fraction of sp³-hybridized carbons (Fsp3) is 0.500. The maximum absolute atomic E-state index is 13.6. The molecule has 4 heterocycles. The van der Waals surface area contributed by atoms with Gasteiger partial charge in [-0.05, 0) is 67.2 Å². The van der Waals surface area contributed by atoms with E-state index in [9.17, 15) is 13.2 Å². The lowest BCUT2D eigenvalue weighted by atomic mass is 9.90. The van der Waals surface area contributed by atoms with Crippen molar-refractivity contribution in [3.63, 3.8) is 0 Å². The van der Waals surface area contributed by atoms with Crippen molar-refractivity contribution >= 4 is 21.4 Å². The number of benzene rings is 1. The Balaban J connectivity index is 1.32. The number of carbonyl (C=O) groups is 1. The van der Waals surface area contributed by atoms with Gasteiger partial charge in [0.1, 0.15) is 0 Å². The number of carbonyl (C=O) groups excluding carboxylic acids is 1. The Morgan fingerprint density at radius 3 is 2.36 bits per heavy atom. The highest BCUT2D eigenvalue weighted by molar-refractivity contribution is 7.88. The van der Waals surface area contributed by atoms with Crippen LogP contribution in [0.5, 0.6) is 0 Å². The summed E-state index contributed by atoms with van der Waals surface area (Å²) in [4.78, 5) is 15.6. The fourth-order valence-corrected chi connectivity index (χ4v) is 7.59. The highest BCUT2D eigenvalue weighted by Crippen LogP contribution is 2.32. The van der Waals surface area contributed by atoms with Gasteiger partial charge in [-0.1, -0.05) is 44.2 Å². The summed E-state index contributed by atoms with van der Waals surface area (Å²) in [6.45, 7) is 8.93. The molecule has 0 bridgehead atoms. The van der Waals surface area contributed by atoms with E-state index in [0.29, 0.717) is 30.5 Å². The monoisotopic (exact) mass is 508 g/mol. The average molecular weight is 509 g/mol. The lowest BCUT2D eigenvalue weighted by molar-refractivity contribution is 0.0624. The average Bonchev–Trinajstić information content (AvgIpc) is 3.18. The minimum Gasteiger partial charge on any atom is -0.338 e. The molecule has 2 fully saturated rings. The van der Waals surface area contributed by atoms with Crippen LogP contribution in [0, 0.1) is 18.8 Å². The molecular weight excluding hydrogens is 472 g/mol. The van der Waals surface area contributed by atoms with Crippen LogP contribution in [0.4, 0.5) is 0 Å². The summed E-state index contributed by atoms with van der Waals surface area (Å²) in [6.07, 6.45) is 4.62. The number of hydrogen-bond donors (Lipinski definition) is 0. The Labute approximate surface area is 214 Å². The molecule has 2 aliphatic rings. The summed E-state index contributed by atoms with van der Waals surface area (Å²) in [5.41, 5.74) is 4.26. The quantitative estimate of drug-likeness (QED) is 0.510. The maximum Gasteiger partial charge on any atom is 0.257 e. The normalized spacial score (nSPS) is 22.2. The molecule has 192 valence electrons. The molecule has 0 spiro atoms. The van der Waals surface area contributed by atoms with Crippen LogP contribution in [0.15, 0.2) is 48.7 Å². The molecule has 7 nitrogen and oxygen atoms in total. The van der Waals surface area contributed by atoms with Crippen LogP contribution in [0.25, 0.3) is 5.52 Å². The standard InChI is InChI=1S/C28H36N4O3S/c1-20-15-21(2)18-30(17-20)28(33)27-22(3)29-32-14-11-25(16-26(27)32)24-9-12-31(13-10-24)36(34,35)19-23-7-5-4-6-8-23/h4-8,11,14,16,20-21,24H,9-10,12-13,15,17-19H2,1-3H3. The summed E-state index contributed by atoms with van der Waals surface area (Å²) in [5, 5.41) is 4.62. The van der Waals surface area contributed by atoms with E-state index in [1.165, 1.54) is 0 Å². The van der Waals surface area contributed by atoms with Gasteiger partial charge >= 0.3 is 0 Å². The van der Waals surface area contributed by atoms with E-state index in [2.05, 4.69) is 31.1 Å². The molecule has 0 aliphatic carbocycles. The van der Waals surface area contributed by atoms with E-state index in [4.69, 9.17) is 0 Å². The zero-order valence-corrected chi connectivity index (χ0v) is 22.2. The molecule has 2 aromatic heterocycles. The minimum absolute atomic E-state index is 0.0404. The first-order valence-corrected chi connectivity index (χ1v) is 14.6. The summed E-state index contributed by atoms with van der Waals surface area (Å²) in [6, 6.07) is 13.5. The number of amides is 1. The second-order valence-electron chi connectivity index (χ2n) is 10.8. The molecule has 2 unspecified atom stereocenters. The van der Waals surface area contributed by atoms with Gasteiger partial charge in [0.2, 0.25) is 10.0 Å². The van der Waals surface area contributed by atoms with Crippen LogP contribution >= 0.6 is 0 Å². The second-order valence-corrected chi connectivity index (χ2v) is 12.8. The fourth-order valence-electron chi connectivity index (χ4n) is 6.03. The first kappa shape index (κ1) is 25.0. The minimum atomic E-state index is -3.34. The molecule has 36 heavy (non-hydrogen) atoms. The highest BCUT2D eigenvalue weighted by Gasteiger charge is 2.31. The highest BCUT2D eigenvalue weighted by atomic mass is 32.2. The van der Waals surface area contributed by atoms with Crippen molar-refractivity contribution in [3.05, 3.63) is 71.0 Å². The van der Waals surface area contributed by atoms with Crippen LogP contribution in [-0.4, -0.2) is 59.3 Å². The number of hydrogen-bond acceptors (Lipinski definition) is 4. The van der Waals surface area contributed by atoms with Crippen LogP contribution in [0.1, 0.15) is 66.2 Å². The van der Waals surface area contributed by atoms with Crippen molar-refractivity contribution in [2.24, 2.45) is 11.8 Å². The number of likely N-dealkylation sites (tertiary alicyclic amines) is 1. The molecule has 8 heteroatoms. The van der Waals surface area contributed by atoms with Gasteiger partial charge in [-0.3, -0.25) is 4.79 Å². The Morgan fingerprint density at radius 2 is 1.69 bits per heavy atom. The summed E-state index contributed by atoms with van der Waals surface area (Å²) in [5.74, 6) is 1.36. The molecule has 2 atom stereocenters. The third kappa shape index (κ3) is 5.06. The maximum atomic E-state index is 13.6. The number of nitrogens with zero attached hydrogens (tertiary/aromatic N) is 4. The predicted molar refractivity (Wildman–Crippen MR) is 141 cm³/mol. The molecule has 5 rings (SSSR count). The first-order chi connectivity index (χ1) is 17.2. The SMILES string of the molecule is Cc1nn2ccc(C3CCN(S(=O)(=O)Cc4ccccc4)CC3)cc2c1C(=O)N1CC(C)CC(C)C1. The van der Waals surface area contributed by atoms with Gasteiger partial charge in [0.25, 0.3) is 5.91 Å². The van der Waals surface area contributed by atoms with Crippen molar-refractivity contribution < 1.29 is 13.2 Å². The number of pyridine rings is 1. The molecule has 1 aromatic carbocycles. The molecule has 0 radical (unpaired) electrons. The number of piperidine rings is 2. The third-order valence-electron chi connectivity index (χ3n) is 7.71. The summed E-state index contributed by atoms with van der Waals surface area (Å²) >= 11 is 0. The van der Waals surface area contributed by atoms with Gasteiger partial charge in [0.15, 0.2) is 0 Å². The van der Waals surface area contributed by atoms with Gasteiger partial charge in [-0.2, -0.15) is 5.10 Å². The zero-order chi connectivity index (χ0) is 25.4. The van der Waals surface area contributed by atoms with E-state index < -0.39 is 10.0 Å². The number of aryl methyl sites for hydroxylation is 1. The van der Waals surface area contributed by atoms with Gasteiger partial charge < -0.3 is 4.90 Å². The Kier molecular flexibility index (Phi) is 6.92. The second kappa shape index (κ2) is 9.98. The van der Waals surface area contributed by atoms with Crippen LogP contribution in [0.2, 0.25) is 0 Å². The molecule has 2 aliphatic heterocycles. The Morgan fingerprint density at radius 1 is 1.03 bits per heavy atom. The van der Waals surface area contributed by atoms with Gasteiger partial charge in [0, 0.05) is 32.4 Å². The van der Waals surface area contributed by atoms with Gasteiger partial charge in [-0.25, -0.2) is 17.2 Å². The summed E-state index contributed by atoms with van der Waals surface area (Å²) < 4.78 is 29.4. The van der Waals surface area contributed by atoms with E-state index in [-0.39, 0.29) is 17.6 Å². The lowest BCUT2D eigenvalue weighted by Gasteiger charge is -2.35. The van der Waals surface area contributed by atoms with Crippen LogP contribution in [0.3, 0.4) is 0 Å². The lowest BCUT2D eigenvalue weighted by Crippen LogP contribution is -2.42. The van der Waals surface area contributed by atoms with Gasteiger partial charge in [-0.15, -0.1) is 0 Å². The van der Waals surface area contributed by atoms with E-state index >= 15 is 0 Å². The summed E-state index contributed by atoms with van der Waals surface area (Å²) in [7, 11) is -3.34. The topological polar surface area (TPSA) is 75.0 Å². The molecule has 2 saturated heterocycles. The van der Waals surface area contributed by atoms with Crippen molar-refractivity contribution in [2.75, 3.05) is 26.2 Å². The number of fused-ring (bicyclic) bond motifs is 1. The molecule has 0 saturated carbocycles. The van der Waals surface area contributed by atoms with Crippen LogP contribution in [-0.2, 0) is 15.8 Å². The zero-order valence-electron chi connectivity index (χ0n) is 21.4. The van der Waals surface area contributed by atoms with E-state index in [1.807, 2.05) is 52.9 Å². The number of sulfonamides is 1. The Bertz CT molecular complexity index is 1330. The van der Waals surface area contributed by atoms with Crippen molar-refractivity contribution in [1.82, 2.24) is 18.8 Å². The van der Waals surface area contributed by atoms with Crippen molar-refractivity contribution in [2.45, 2.75) is 51.7 Å². The molecule has 0 N–H and O–H groups in total. The van der Waals surface area contributed by atoms with E-state index in [1.54, 1.807) is 4.31 Å². The van der Waals surface area contributed by atoms with Crippen molar-refractivity contribution in [1.29, 1.82) is 0 Å². The predicted octanol–water partition coefficient (Wildman–Crippen LogP) is 4.47. The third-order valence-corrected chi connectivity index (χ3v) is 9.56. The molecule has 1 amide bonds. The van der Waals surface area contributed by atoms with Crippen LogP contribution < -0.4 is 0 Å².